The van der Waals surface area contributed by atoms with Crippen molar-refractivity contribution in [3.05, 3.63) is 70.9 Å². The van der Waals surface area contributed by atoms with Crippen molar-refractivity contribution >= 4 is 40.9 Å². The molecule has 9 rings (SSSR count). The van der Waals surface area contributed by atoms with Crippen LogP contribution >= 0.6 is 0 Å². The van der Waals surface area contributed by atoms with E-state index in [1.807, 2.05) is 50.3 Å². The van der Waals surface area contributed by atoms with Crippen LogP contribution in [0.5, 0.6) is 5.75 Å². The summed E-state index contributed by atoms with van der Waals surface area (Å²) in [4.78, 5) is 66.1. The average Bonchev–Trinajstić information content (AvgIpc) is 3.92. The van der Waals surface area contributed by atoms with Gasteiger partial charge in [-0.15, -0.1) is 0 Å². The fourth-order valence-electron chi connectivity index (χ4n) is 13.4. The summed E-state index contributed by atoms with van der Waals surface area (Å²) in [6.45, 7) is 8.16. The number of rotatable bonds is 8. The Morgan fingerprint density at radius 3 is 2.42 bits per heavy atom. The molecule has 1 amide bonds. The minimum absolute atomic E-state index is 0.155. The molecule has 3 N–H and O–H groups in total. The van der Waals surface area contributed by atoms with Crippen LogP contribution in [0.15, 0.2) is 48.6 Å². The summed E-state index contributed by atoms with van der Waals surface area (Å²) in [7, 11) is 4.09. The van der Waals surface area contributed by atoms with Crippen molar-refractivity contribution in [3.8, 4) is 5.75 Å². The van der Waals surface area contributed by atoms with Gasteiger partial charge in [-0.1, -0.05) is 44.2 Å². The van der Waals surface area contributed by atoms with E-state index in [9.17, 15) is 24.6 Å². The summed E-state index contributed by atoms with van der Waals surface area (Å²) < 4.78 is 23.7. The van der Waals surface area contributed by atoms with E-state index in [1.54, 1.807) is 6.07 Å². The summed E-state index contributed by atoms with van der Waals surface area (Å²) in [5, 5.41) is 26.3. The number of methoxy groups -OCH3 is 3. The molecule has 2 saturated heterocycles. The molecule has 6 heterocycles. The van der Waals surface area contributed by atoms with Crippen LogP contribution in [0.25, 0.3) is 10.9 Å². The first-order valence-electron chi connectivity index (χ1n) is 21.3. The van der Waals surface area contributed by atoms with E-state index in [0.717, 1.165) is 16.5 Å². The van der Waals surface area contributed by atoms with Gasteiger partial charge in [-0.05, 0) is 74.2 Å². The Morgan fingerprint density at radius 2 is 1.73 bits per heavy atom. The standard InChI is InChI=1S/C46H56N4O10/c1-7-42(55)22-28-23-45(40(53)58-5,36-30(14-18-48(24-28)25-42)29-12-9-10-13-33(29)47-36)32-20-31-34(21-35(32)57-4)50(26-51)38-44(31)16-19-49-17-11-15-43(8-2,37(44)49)39(60-27(3)52)46(38,56)41(54)59-6/h9-13,15,20-21,26,28,37-39,47,55-56H,7-8,14,16-19,22-25H2,1-6H3/t28?,37-,38+,39+,42-,43+,44+,45-,46-/m0/s1. The van der Waals surface area contributed by atoms with E-state index in [4.69, 9.17) is 18.9 Å². The maximum atomic E-state index is 15.3. The Balaban J connectivity index is 1.38. The molecular weight excluding hydrogens is 769 g/mol. The van der Waals surface area contributed by atoms with Crippen LogP contribution in [-0.4, -0.2) is 133 Å². The molecule has 1 aromatic heterocycles. The summed E-state index contributed by atoms with van der Waals surface area (Å²) >= 11 is 0. The summed E-state index contributed by atoms with van der Waals surface area (Å²) in [6, 6.07) is 9.97. The number of para-hydroxylation sites is 1. The van der Waals surface area contributed by atoms with E-state index in [1.165, 1.54) is 33.2 Å². The lowest BCUT2D eigenvalue weighted by atomic mass is 9.47. The average molecular weight is 825 g/mol. The van der Waals surface area contributed by atoms with Gasteiger partial charge < -0.3 is 39.0 Å². The number of hydrogen-bond donors (Lipinski definition) is 3. The number of piperidine rings is 1. The Hall–Kier alpha value is -4.76. The third-order valence-electron chi connectivity index (χ3n) is 15.5. The fraction of sp³-hybridized carbons (Fsp3) is 0.565. The van der Waals surface area contributed by atoms with E-state index in [2.05, 4.69) is 20.9 Å². The van der Waals surface area contributed by atoms with Crippen LogP contribution in [0.1, 0.15) is 75.3 Å². The van der Waals surface area contributed by atoms with Crippen molar-refractivity contribution in [2.24, 2.45) is 11.3 Å². The number of aromatic amines is 1. The van der Waals surface area contributed by atoms with Gasteiger partial charge in [0.2, 0.25) is 12.0 Å². The van der Waals surface area contributed by atoms with Crippen molar-refractivity contribution in [3.63, 3.8) is 0 Å². The van der Waals surface area contributed by atoms with E-state index in [-0.39, 0.29) is 12.3 Å². The number of nitrogens with one attached hydrogen (secondary N) is 1. The second-order valence-corrected chi connectivity index (χ2v) is 18.1. The van der Waals surface area contributed by atoms with Crippen molar-refractivity contribution in [2.75, 3.05) is 59.0 Å². The van der Waals surface area contributed by atoms with Crippen LogP contribution < -0.4 is 9.64 Å². The number of anilines is 1. The fourth-order valence-corrected chi connectivity index (χ4v) is 13.4. The number of nitrogens with zero attached hydrogens (tertiary/aromatic N) is 3. The molecule has 14 nitrogen and oxygen atoms in total. The zero-order chi connectivity index (χ0) is 42.6. The number of aromatic nitrogens is 1. The highest BCUT2D eigenvalue weighted by molar-refractivity contribution is 5.96. The molecule has 14 heteroatoms. The van der Waals surface area contributed by atoms with E-state index >= 15 is 4.79 Å². The van der Waals surface area contributed by atoms with Gasteiger partial charge in [0.05, 0.1) is 38.7 Å². The summed E-state index contributed by atoms with van der Waals surface area (Å²) in [5.74, 6) is -2.06. The summed E-state index contributed by atoms with van der Waals surface area (Å²) in [5.41, 5.74) is -3.15. The van der Waals surface area contributed by atoms with E-state index in [0.29, 0.717) is 99.5 Å². The van der Waals surface area contributed by atoms with Gasteiger partial charge in [0.25, 0.3) is 0 Å². The number of ether oxygens (including phenoxy) is 4. The van der Waals surface area contributed by atoms with Crippen LogP contribution in [-0.2, 0) is 50.6 Å². The lowest BCUT2D eigenvalue weighted by Gasteiger charge is -2.63. The quantitative estimate of drug-likeness (QED) is 0.131. The highest BCUT2D eigenvalue weighted by Gasteiger charge is 2.81. The molecule has 3 fully saturated rings. The highest BCUT2D eigenvalue weighted by Crippen LogP contribution is 2.68. The molecule has 6 aliphatic rings. The lowest BCUT2D eigenvalue weighted by molar-refractivity contribution is -0.228. The van der Waals surface area contributed by atoms with Gasteiger partial charge in [0.1, 0.15) is 11.2 Å². The molecule has 60 heavy (non-hydrogen) atoms. The van der Waals surface area contributed by atoms with Gasteiger partial charge in [-0.3, -0.25) is 24.2 Å². The topological polar surface area (TPSA) is 171 Å². The van der Waals surface area contributed by atoms with Crippen molar-refractivity contribution < 1.29 is 48.3 Å². The molecule has 3 aromatic rings. The number of H-pyrrole nitrogens is 1. The van der Waals surface area contributed by atoms with Crippen LogP contribution in [0.2, 0.25) is 0 Å². The third-order valence-corrected chi connectivity index (χ3v) is 15.5. The molecule has 1 saturated carbocycles. The number of carbonyl (C=O) groups is 4. The largest absolute Gasteiger partial charge is 0.496 e. The molecule has 0 radical (unpaired) electrons. The zero-order valence-corrected chi connectivity index (χ0v) is 35.3. The van der Waals surface area contributed by atoms with Crippen molar-refractivity contribution in [2.45, 2.75) is 99.5 Å². The lowest BCUT2D eigenvalue weighted by Crippen LogP contribution is -2.81. The predicted octanol–water partition coefficient (Wildman–Crippen LogP) is 3.52. The number of benzene rings is 2. The first kappa shape index (κ1) is 40.6. The molecule has 2 aromatic carbocycles. The maximum Gasteiger partial charge on any atom is 0.344 e. The molecule has 320 valence electrons. The molecule has 5 aliphatic heterocycles. The Kier molecular flexibility index (Phi) is 9.58. The second kappa shape index (κ2) is 14.1. The Morgan fingerprint density at radius 1 is 0.967 bits per heavy atom. The van der Waals surface area contributed by atoms with Crippen molar-refractivity contribution in [1.82, 2.24) is 14.8 Å². The highest BCUT2D eigenvalue weighted by atomic mass is 16.6. The van der Waals surface area contributed by atoms with Gasteiger partial charge in [0.15, 0.2) is 6.10 Å². The van der Waals surface area contributed by atoms with Gasteiger partial charge >= 0.3 is 17.9 Å². The molecule has 10 atom stereocenters. The number of esters is 3. The van der Waals surface area contributed by atoms with E-state index < -0.39 is 63.5 Å². The Labute approximate surface area is 349 Å². The number of carbonyl (C=O) groups excluding carboxylic acids is 4. The monoisotopic (exact) mass is 824 g/mol. The minimum atomic E-state index is -2.53. The van der Waals surface area contributed by atoms with Crippen LogP contribution in [0, 0.1) is 11.3 Å². The SMILES string of the molecule is CC[C@]1(O)CC2CN(CCc3c([nH]c4ccccc34)[C@@](C(=O)OC)(c3cc4c(cc3OC)N(C=O)[C@H]3[C@@](O)(C(=O)OC)[C@H](OC(C)=O)[C@]5(CC)C=CCN6CC[C@]43[C@@H]65)C2)C1. The summed E-state index contributed by atoms with van der Waals surface area (Å²) in [6.07, 6.45) is 5.83. The molecular formula is C46H56N4O10. The number of aliphatic hydroxyl groups is 2. The predicted molar refractivity (Wildman–Crippen MR) is 221 cm³/mol. The normalized spacial score (nSPS) is 36.5. The van der Waals surface area contributed by atoms with Gasteiger partial charge in [-0.25, -0.2) is 4.79 Å². The second-order valence-electron chi connectivity index (χ2n) is 18.1. The van der Waals surface area contributed by atoms with Gasteiger partial charge in [-0.2, -0.15) is 0 Å². The first-order chi connectivity index (χ1) is 28.8. The third kappa shape index (κ3) is 5.19. The number of fused-ring (bicyclic) bond motifs is 6. The molecule has 1 spiro atoms. The molecule has 2 unspecified atom stereocenters. The van der Waals surface area contributed by atoms with Crippen LogP contribution in [0.3, 0.4) is 0 Å². The van der Waals surface area contributed by atoms with Gasteiger partial charge in [0, 0.05) is 78.2 Å². The zero-order valence-electron chi connectivity index (χ0n) is 35.3. The minimum Gasteiger partial charge on any atom is -0.496 e. The molecule has 1 aliphatic carbocycles. The number of hydrogen-bond acceptors (Lipinski definition) is 12. The smallest absolute Gasteiger partial charge is 0.344 e. The number of amides is 1. The Bertz CT molecular complexity index is 2310. The molecule has 2 bridgehead atoms. The maximum absolute atomic E-state index is 15.3. The first-order valence-corrected chi connectivity index (χ1v) is 21.3. The van der Waals surface area contributed by atoms with Crippen molar-refractivity contribution in [1.29, 1.82) is 0 Å². The van der Waals surface area contributed by atoms with Crippen LogP contribution in [0.4, 0.5) is 5.69 Å².